The Labute approximate surface area is 436 Å². The van der Waals surface area contributed by atoms with Crippen LogP contribution in [0.25, 0.3) is 22.3 Å². The van der Waals surface area contributed by atoms with Gasteiger partial charge >= 0.3 is 0 Å². The molecule has 0 bridgehead atoms. The van der Waals surface area contributed by atoms with E-state index in [2.05, 4.69) is 161 Å². The lowest BCUT2D eigenvalue weighted by Gasteiger charge is -2.11. The Bertz CT molecular complexity index is 3470. The minimum Gasteiger partial charge on any atom is -0.262 e. The van der Waals surface area contributed by atoms with Crippen molar-refractivity contribution in [2.75, 3.05) is 0 Å². The van der Waals surface area contributed by atoms with Gasteiger partial charge < -0.3 is 0 Å². The van der Waals surface area contributed by atoms with Gasteiger partial charge in [0.1, 0.15) is 0 Å². The number of pyridine rings is 1. The van der Waals surface area contributed by atoms with Crippen molar-refractivity contribution in [2.45, 2.75) is 0 Å². The van der Waals surface area contributed by atoms with Crippen molar-refractivity contribution >= 4 is 22.3 Å². The van der Waals surface area contributed by atoms with E-state index < -0.39 is 0 Å². The number of terminal acetylenes is 2. The average molecular weight is 936 g/mol. The minimum atomic E-state index is 0.541. The first-order chi connectivity index (χ1) is 36.7. The SMILES string of the molecule is C#CC(C#CC(C#Cc1cncc(C#CC(C#CC(C#C)=C(c2ccccc2)c2ccccc2)=C(c2ccccc2)c2ccccc2)c1)=C(c1ccccc1)c1ccccc1)=C(c1ccccc1)c1ccccc1. The van der Waals surface area contributed by atoms with E-state index in [-0.39, 0.29) is 0 Å². The Morgan fingerprint density at radius 3 is 0.676 bits per heavy atom. The third-order valence-electron chi connectivity index (χ3n) is 11.8. The monoisotopic (exact) mass is 935 g/mol. The highest BCUT2D eigenvalue weighted by Crippen LogP contribution is 2.31. The fraction of sp³-hybridized carbons (Fsp3) is 0. The van der Waals surface area contributed by atoms with Gasteiger partial charge in [-0.25, -0.2) is 0 Å². The lowest BCUT2D eigenvalue weighted by molar-refractivity contribution is 1.30. The summed E-state index contributed by atoms with van der Waals surface area (Å²) in [4.78, 5) is 4.64. The summed E-state index contributed by atoms with van der Waals surface area (Å²) >= 11 is 0. The highest BCUT2D eigenvalue weighted by Gasteiger charge is 2.14. The number of aromatic nitrogens is 1. The van der Waals surface area contributed by atoms with Gasteiger partial charge in [0.05, 0.1) is 22.3 Å². The fourth-order valence-corrected chi connectivity index (χ4v) is 8.41. The Morgan fingerprint density at radius 2 is 0.459 bits per heavy atom. The molecule has 1 nitrogen and oxygen atoms in total. The molecule has 1 aromatic heterocycles. The summed E-state index contributed by atoms with van der Waals surface area (Å²) in [7, 11) is 0. The van der Waals surface area contributed by atoms with E-state index in [1.807, 2.05) is 152 Å². The Balaban J connectivity index is 1.21. The molecule has 9 rings (SSSR count). The van der Waals surface area contributed by atoms with E-state index in [1.165, 1.54) is 0 Å². The number of benzene rings is 8. The molecule has 0 atom stereocenters. The molecule has 74 heavy (non-hydrogen) atoms. The predicted molar refractivity (Wildman–Crippen MR) is 307 cm³/mol. The van der Waals surface area contributed by atoms with Crippen LogP contribution >= 0.6 is 0 Å². The van der Waals surface area contributed by atoms with Crippen LogP contribution in [0.4, 0.5) is 0 Å². The van der Waals surface area contributed by atoms with Gasteiger partial charge in [-0.3, -0.25) is 4.98 Å². The molecular formula is C73H45N. The van der Waals surface area contributed by atoms with Gasteiger partial charge in [0.15, 0.2) is 0 Å². The van der Waals surface area contributed by atoms with Gasteiger partial charge in [0, 0.05) is 45.8 Å². The number of allylic oxidation sites excluding steroid dienone is 4. The predicted octanol–water partition coefficient (Wildman–Crippen LogP) is 15.1. The lowest BCUT2D eigenvalue weighted by atomic mass is 9.91. The van der Waals surface area contributed by atoms with Crippen molar-refractivity contribution in [2.24, 2.45) is 0 Å². The quantitative estimate of drug-likeness (QED) is 0.138. The van der Waals surface area contributed by atoms with Crippen molar-refractivity contribution in [1.29, 1.82) is 0 Å². The Morgan fingerprint density at radius 1 is 0.257 bits per heavy atom. The van der Waals surface area contributed by atoms with Gasteiger partial charge in [-0.15, -0.1) is 12.8 Å². The van der Waals surface area contributed by atoms with Crippen LogP contribution in [0.15, 0.2) is 283 Å². The molecule has 342 valence electrons. The van der Waals surface area contributed by atoms with Crippen molar-refractivity contribution < 1.29 is 0 Å². The van der Waals surface area contributed by atoms with Crippen LogP contribution in [0.3, 0.4) is 0 Å². The molecule has 8 aromatic carbocycles. The van der Waals surface area contributed by atoms with Gasteiger partial charge in [0.25, 0.3) is 0 Å². The molecule has 0 spiro atoms. The van der Waals surface area contributed by atoms with Crippen LogP contribution in [-0.4, -0.2) is 4.98 Å². The molecule has 0 unspecified atom stereocenters. The largest absolute Gasteiger partial charge is 0.262 e. The van der Waals surface area contributed by atoms with E-state index in [4.69, 9.17) is 12.8 Å². The first-order valence-electron chi connectivity index (χ1n) is 24.0. The molecule has 0 aliphatic rings. The van der Waals surface area contributed by atoms with Crippen molar-refractivity contribution in [1.82, 2.24) is 4.98 Å². The molecule has 0 saturated carbocycles. The molecule has 0 N–H and O–H groups in total. The summed E-state index contributed by atoms with van der Waals surface area (Å²) in [5, 5.41) is 0. The molecule has 0 saturated heterocycles. The van der Waals surface area contributed by atoms with Crippen LogP contribution in [0.1, 0.15) is 55.6 Å². The second-order valence-corrected chi connectivity index (χ2v) is 16.7. The molecule has 0 fully saturated rings. The molecule has 0 radical (unpaired) electrons. The first-order valence-corrected chi connectivity index (χ1v) is 24.0. The van der Waals surface area contributed by atoms with Crippen molar-refractivity contribution in [3.8, 4) is 72.1 Å². The summed E-state index contributed by atoms with van der Waals surface area (Å²) in [5.74, 6) is 33.4. The number of rotatable bonds is 8. The van der Waals surface area contributed by atoms with Crippen LogP contribution in [-0.2, 0) is 0 Å². The van der Waals surface area contributed by atoms with E-state index in [0.29, 0.717) is 33.4 Å². The number of hydrogen-bond acceptors (Lipinski definition) is 1. The maximum Gasteiger partial charge on any atom is 0.0836 e. The maximum atomic E-state index is 6.34. The van der Waals surface area contributed by atoms with Crippen LogP contribution < -0.4 is 0 Å². The topological polar surface area (TPSA) is 12.9 Å². The van der Waals surface area contributed by atoms with E-state index in [1.54, 1.807) is 12.4 Å². The highest BCUT2D eigenvalue weighted by atomic mass is 14.6. The van der Waals surface area contributed by atoms with Crippen LogP contribution in [0.5, 0.6) is 0 Å². The molecule has 1 heteroatoms. The second-order valence-electron chi connectivity index (χ2n) is 16.7. The summed E-state index contributed by atoms with van der Waals surface area (Å²) in [5.41, 5.74) is 14.7. The van der Waals surface area contributed by atoms with Crippen LogP contribution in [0, 0.1) is 72.1 Å². The van der Waals surface area contributed by atoms with Gasteiger partial charge in [0.2, 0.25) is 0 Å². The van der Waals surface area contributed by atoms with E-state index in [9.17, 15) is 0 Å². The summed E-state index contributed by atoms with van der Waals surface area (Å²) in [6.07, 6.45) is 16.2. The van der Waals surface area contributed by atoms with E-state index >= 15 is 0 Å². The molecular weight excluding hydrogens is 891 g/mol. The number of nitrogens with zero attached hydrogens (tertiary/aromatic N) is 1. The second kappa shape index (κ2) is 24.7. The summed E-state index contributed by atoms with van der Waals surface area (Å²) < 4.78 is 0. The van der Waals surface area contributed by atoms with E-state index in [0.717, 1.165) is 66.8 Å². The molecule has 9 aromatic rings. The Kier molecular flexibility index (Phi) is 16.1. The fourth-order valence-electron chi connectivity index (χ4n) is 8.41. The summed E-state index contributed by atoms with van der Waals surface area (Å²) in [6, 6.07) is 83.0. The zero-order valence-electron chi connectivity index (χ0n) is 40.4. The third kappa shape index (κ3) is 12.1. The lowest BCUT2D eigenvalue weighted by Crippen LogP contribution is -1.95. The van der Waals surface area contributed by atoms with Gasteiger partial charge in [-0.2, -0.15) is 0 Å². The highest BCUT2D eigenvalue weighted by molar-refractivity contribution is 5.92. The maximum absolute atomic E-state index is 6.34. The molecule has 1 heterocycles. The third-order valence-corrected chi connectivity index (χ3v) is 11.8. The normalized spacial score (nSPS) is 9.70. The standard InChI is InChI=1S/C73H45N/c1-3-58(70(60-29-13-5-14-30-60)61-31-15-6-16-32-61)49-51-68(72(64-37-21-9-22-38-64)65-39-23-10-24-40-65)47-45-56-53-57(55-74-54-56)46-48-69(73(66-41-25-11-26-42-66)67-43-27-12-28-44-67)52-50-59(4-2)71(62-33-17-7-18-34-62)63-35-19-8-20-36-63/h1-2,5-44,53-55H. The Hall–Kier alpha value is -10.8. The zero-order valence-corrected chi connectivity index (χ0v) is 40.4. The zero-order chi connectivity index (χ0) is 50.6. The van der Waals surface area contributed by atoms with Crippen molar-refractivity contribution in [3.05, 3.63) is 339 Å². The number of hydrogen-bond donors (Lipinski definition) is 0. The van der Waals surface area contributed by atoms with Gasteiger partial charge in [-0.1, -0.05) is 302 Å². The molecule has 0 amide bonds. The minimum absolute atomic E-state index is 0.541. The van der Waals surface area contributed by atoms with Gasteiger partial charge in [-0.05, 0) is 50.6 Å². The molecule has 0 aliphatic carbocycles. The van der Waals surface area contributed by atoms with Crippen molar-refractivity contribution in [3.63, 3.8) is 0 Å². The molecule has 0 aliphatic heterocycles. The summed E-state index contributed by atoms with van der Waals surface area (Å²) in [6.45, 7) is 0. The average Bonchev–Trinajstić information content (AvgIpc) is 3.48. The first kappa shape index (κ1) is 48.3. The smallest absolute Gasteiger partial charge is 0.0836 e. The van der Waals surface area contributed by atoms with Crippen LogP contribution in [0.2, 0.25) is 0 Å².